The Hall–Kier alpha value is -3.47. The molecule has 0 spiro atoms. The van der Waals surface area contributed by atoms with Crippen LogP contribution in [0.2, 0.25) is 0 Å². The van der Waals surface area contributed by atoms with Gasteiger partial charge in [0.25, 0.3) is 5.91 Å². The van der Waals surface area contributed by atoms with Crippen molar-refractivity contribution in [2.45, 2.75) is 26.2 Å². The Morgan fingerprint density at radius 2 is 1.79 bits per heavy atom. The lowest BCUT2D eigenvalue weighted by Crippen LogP contribution is -2.18. The fourth-order valence-electron chi connectivity index (χ4n) is 3.53. The lowest BCUT2D eigenvalue weighted by Gasteiger charge is -2.21. The Morgan fingerprint density at radius 1 is 1.07 bits per heavy atom. The zero-order valence-electron chi connectivity index (χ0n) is 16.9. The molecule has 1 heterocycles. The molecule has 0 aliphatic rings. The van der Waals surface area contributed by atoms with Gasteiger partial charge >= 0.3 is 0 Å². The molecule has 0 saturated carbocycles. The van der Waals surface area contributed by atoms with Crippen LogP contribution in [0, 0.1) is 13.8 Å². The lowest BCUT2D eigenvalue weighted by molar-refractivity contribution is 0.0963. The predicted molar refractivity (Wildman–Crippen MR) is 115 cm³/mol. The summed E-state index contributed by atoms with van der Waals surface area (Å²) < 4.78 is 0. The molecule has 1 aromatic heterocycles. The number of nitrogens with zero attached hydrogens (tertiary/aromatic N) is 2. The topological polar surface area (TPSA) is 74.6 Å². The van der Waals surface area contributed by atoms with Crippen molar-refractivity contribution in [1.82, 2.24) is 10.3 Å². The van der Waals surface area contributed by atoms with E-state index >= 15 is 0 Å². The number of oxime groups is 1. The van der Waals surface area contributed by atoms with E-state index in [2.05, 4.69) is 34.5 Å². The molecular formula is C24H25N3O2. The molecule has 1 amide bonds. The number of rotatable bonds is 6. The highest BCUT2D eigenvalue weighted by molar-refractivity contribution is 6.01. The smallest absolute Gasteiger partial charge is 0.251 e. The van der Waals surface area contributed by atoms with Crippen LogP contribution in [0.5, 0.6) is 0 Å². The summed E-state index contributed by atoms with van der Waals surface area (Å²) >= 11 is 0. The van der Waals surface area contributed by atoms with E-state index in [1.807, 2.05) is 55.5 Å². The van der Waals surface area contributed by atoms with Crippen LogP contribution >= 0.6 is 0 Å². The van der Waals surface area contributed by atoms with E-state index in [1.165, 1.54) is 0 Å². The monoisotopic (exact) mass is 387 g/mol. The largest absolute Gasteiger partial charge is 0.411 e. The molecule has 0 fully saturated rings. The molecule has 2 N–H and O–H groups in total. The second-order valence-electron chi connectivity index (χ2n) is 7.05. The lowest BCUT2D eigenvalue weighted by atomic mass is 9.83. The Labute approximate surface area is 171 Å². The Kier molecular flexibility index (Phi) is 6.39. The Bertz CT molecular complexity index is 1030. The highest BCUT2D eigenvalue weighted by Gasteiger charge is 2.21. The molecule has 148 valence electrons. The highest BCUT2D eigenvalue weighted by atomic mass is 16.4. The molecule has 1 unspecified atom stereocenters. The van der Waals surface area contributed by atoms with Gasteiger partial charge in [0.05, 0.1) is 5.71 Å². The number of aromatic nitrogens is 1. The standard InChI is InChI=1S/C24H25N3O2/c1-16-6-4-5-7-21(16)22(18-8-10-19(11-9-18)24(28)25-3)15-23(27-29)20-12-13-26-17(2)14-20/h4-14,22,29H,15H2,1-3H3,(H,25,28). The summed E-state index contributed by atoms with van der Waals surface area (Å²) in [6.45, 7) is 3.99. The van der Waals surface area contributed by atoms with Crippen LogP contribution in [0.25, 0.3) is 0 Å². The maximum absolute atomic E-state index is 11.9. The summed E-state index contributed by atoms with van der Waals surface area (Å²) in [5.41, 5.74) is 6.30. The summed E-state index contributed by atoms with van der Waals surface area (Å²) in [4.78, 5) is 16.1. The minimum Gasteiger partial charge on any atom is -0.411 e. The minimum absolute atomic E-state index is 0.0192. The third-order valence-electron chi connectivity index (χ3n) is 5.11. The summed E-state index contributed by atoms with van der Waals surface area (Å²) in [7, 11) is 1.62. The van der Waals surface area contributed by atoms with Crippen molar-refractivity contribution in [2.75, 3.05) is 7.05 Å². The van der Waals surface area contributed by atoms with Crippen molar-refractivity contribution < 1.29 is 10.0 Å². The van der Waals surface area contributed by atoms with Crippen LogP contribution in [-0.2, 0) is 0 Å². The van der Waals surface area contributed by atoms with Gasteiger partial charge in [0, 0.05) is 42.4 Å². The van der Waals surface area contributed by atoms with Gasteiger partial charge in [0.15, 0.2) is 0 Å². The summed E-state index contributed by atoms with van der Waals surface area (Å²) in [5.74, 6) is -0.136. The van der Waals surface area contributed by atoms with Crippen LogP contribution in [0.3, 0.4) is 0 Å². The molecule has 1 atom stereocenters. The number of hydrogen-bond acceptors (Lipinski definition) is 4. The first-order chi connectivity index (χ1) is 14.0. The Balaban J connectivity index is 2.02. The molecule has 29 heavy (non-hydrogen) atoms. The average Bonchev–Trinajstić information content (AvgIpc) is 2.75. The van der Waals surface area contributed by atoms with E-state index < -0.39 is 0 Å². The van der Waals surface area contributed by atoms with Crippen LogP contribution in [0.4, 0.5) is 0 Å². The fourth-order valence-corrected chi connectivity index (χ4v) is 3.53. The van der Waals surface area contributed by atoms with Crippen molar-refractivity contribution in [2.24, 2.45) is 5.16 Å². The van der Waals surface area contributed by atoms with Gasteiger partial charge in [-0.25, -0.2) is 0 Å². The second-order valence-corrected chi connectivity index (χ2v) is 7.05. The number of carbonyl (C=O) groups is 1. The molecule has 3 rings (SSSR count). The zero-order valence-corrected chi connectivity index (χ0v) is 16.9. The van der Waals surface area contributed by atoms with Crippen molar-refractivity contribution in [3.63, 3.8) is 0 Å². The van der Waals surface area contributed by atoms with E-state index in [9.17, 15) is 10.0 Å². The fraction of sp³-hybridized carbons (Fsp3) is 0.208. The SMILES string of the molecule is CNC(=O)c1ccc(C(CC(=NO)c2ccnc(C)c2)c2ccccc2C)cc1. The number of amides is 1. The summed E-state index contributed by atoms with van der Waals surface area (Å²) in [6, 6.07) is 19.6. The van der Waals surface area contributed by atoms with Gasteiger partial charge in [0.1, 0.15) is 0 Å². The Morgan fingerprint density at radius 3 is 2.41 bits per heavy atom. The van der Waals surface area contributed by atoms with Crippen molar-refractivity contribution in [3.8, 4) is 0 Å². The molecule has 0 aliphatic carbocycles. The van der Waals surface area contributed by atoms with Crippen molar-refractivity contribution in [1.29, 1.82) is 0 Å². The molecule has 0 saturated heterocycles. The third-order valence-corrected chi connectivity index (χ3v) is 5.11. The van der Waals surface area contributed by atoms with Gasteiger partial charge in [-0.3, -0.25) is 9.78 Å². The molecule has 3 aromatic rings. The summed E-state index contributed by atoms with van der Waals surface area (Å²) in [5, 5.41) is 16.0. The maximum Gasteiger partial charge on any atom is 0.251 e. The normalized spacial score (nSPS) is 12.4. The van der Waals surface area contributed by atoms with Crippen LogP contribution in [0.1, 0.15) is 50.6 Å². The molecule has 0 bridgehead atoms. The number of nitrogens with one attached hydrogen (secondary N) is 1. The highest BCUT2D eigenvalue weighted by Crippen LogP contribution is 2.32. The number of pyridine rings is 1. The summed E-state index contributed by atoms with van der Waals surface area (Å²) in [6.07, 6.45) is 2.24. The third kappa shape index (κ3) is 4.69. The minimum atomic E-state index is -0.117. The van der Waals surface area contributed by atoms with Gasteiger partial charge in [-0.15, -0.1) is 0 Å². The first-order valence-electron chi connectivity index (χ1n) is 9.55. The van der Waals surface area contributed by atoms with E-state index in [0.717, 1.165) is 27.9 Å². The molecule has 5 nitrogen and oxygen atoms in total. The first-order valence-corrected chi connectivity index (χ1v) is 9.55. The molecule has 0 aliphatic heterocycles. The number of carbonyl (C=O) groups excluding carboxylic acids is 1. The quantitative estimate of drug-likeness (QED) is 0.373. The molecule has 2 aromatic carbocycles. The van der Waals surface area contributed by atoms with Gasteiger partial charge < -0.3 is 10.5 Å². The van der Waals surface area contributed by atoms with Crippen molar-refractivity contribution >= 4 is 11.6 Å². The molecule has 5 heteroatoms. The second kappa shape index (κ2) is 9.15. The van der Waals surface area contributed by atoms with E-state index in [4.69, 9.17) is 0 Å². The van der Waals surface area contributed by atoms with E-state index in [0.29, 0.717) is 17.7 Å². The van der Waals surface area contributed by atoms with Crippen molar-refractivity contribution in [3.05, 3.63) is 100 Å². The van der Waals surface area contributed by atoms with Crippen LogP contribution < -0.4 is 5.32 Å². The van der Waals surface area contributed by atoms with E-state index in [1.54, 1.807) is 13.2 Å². The molecule has 0 radical (unpaired) electrons. The van der Waals surface area contributed by atoms with E-state index in [-0.39, 0.29) is 11.8 Å². The van der Waals surface area contributed by atoms with Gasteiger partial charge in [-0.2, -0.15) is 0 Å². The number of hydrogen-bond donors (Lipinski definition) is 2. The molecular weight excluding hydrogens is 362 g/mol. The van der Waals surface area contributed by atoms with Crippen LogP contribution in [0.15, 0.2) is 72.0 Å². The number of benzene rings is 2. The maximum atomic E-state index is 11.9. The zero-order chi connectivity index (χ0) is 20.8. The first kappa shape index (κ1) is 20.3. The van der Waals surface area contributed by atoms with Gasteiger partial charge in [0.2, 0.25) is 0 Å². The average molecular weight is 387 g/mol. The van der Waals surface area contributed by atoms with Gasteiger partial charge in [-0.05, 0) is 54.8 Å². The van der Waals surface area contributed by atoms with Gasteiger partial charge in [-0.1, -0.05) is 41.6 Å². The predicted octanol–water partition coefficient (Wildman–Crippen LogP) is 4.46. The number of aryl methyl sites for hydroxylation is 2. The van der Waals surface area contributed by atoms with Crippen LogP contribution in [-0.4, -0.2) is 28.9 Å².